The average molecular weight is 259 g/mol. The number of aromatic nitrogens is 3. The summed E-state index contributed by atoms with van der Waals surface area (Å²) >= 11 is 1.52. The molecule has 1 amide bonds. The van der Waals surface area contributed by atoms with Crippen molar-refractivity contribution < 1.29 is 9.90 Å². The minimum Gasteiger partial charge on any atom is -0.387 e. The standard InChI is InChI=1S/C9H17N5O2S/c1-9(16,5-17-2)4-11-7(15)3-14-6-12-8(10)13-14/h6,16H,3-5H2,1-2H3,(H2,10,13)(H,11,15). The molecule has 0 aliphatic heterocycles. The SMILES string of the molecule is CSCC(C)(O)CNC(=O)Cn1cnc(N)n1. The Kier molecular flexibility index (Phi) is 4.76. The van der Waals surface area contributed by atoms with Gasteiger partial charge in [-0.1, -0.05) is 0 Å². The quantitative estimate of drug-likeness (QED) is 0.611. The molecule has 0 aromatic carbocycles. The number of aliphatic hydroxyl groups is 1. The number of carbonyl (C=O) groups is 1. The molecule has 0 saturated heterocycles. The second kappa shape index (κ2) is 5.87. The van der Waals surface area contributed by atoms with Gasteiger partial charge in [0.05, 0.1) is 5.60 Å². The molecule has 17 heavy (non-hydrogen) atoms. The Bertz CT molecular complexity index is 379. The fraction of sp³-hybridized carbons (Fsp3) is 0.667. The Hall–Kier alpha value is -1.28. The molecule has 0 fully saturated rings. The van der Waals surface area contributed by atoms with Crippen LogP contribution in [0.2, 0.25) is 0 Å². The third-order valence-electron chi connectivity index (χ3n) is 1.98. The van der Waals surface area contributed by atoms with Gasteiger partial charge in [-0.05, 0) is 13.2 Å². The number of nitrogen functional groups attached to an aromatic ring is 1. The highest BCUT2D eigenvalue weighted by molar-refractivity contribution is 7.98. The van der Waals surface area contributed by atoms with E-state index >= 15 is 0 Å². The number of hydrogen-bond acceptors (Lipinski definition) is 6. The maximum absolute atomic E-state index is 11.5. The molecule has 0 bridgehead atoms. The molecular weight excluding hydrogens is 242 g/mol. The van der Waals surface area contributed by atoms with Gasteiger partial charge in [0.1, 0.15) is 12.9 Å². The van der Waals surface area contributed by atoms with Gasteiger partial charge in [-0.25, -0.2) is 9.67 Å². The molecule has 4 N–H and O–H groups in total. The molecule has 1 heterocycles. The number of amides is 1. The summed E-state index contributed by atoms with van der Waals surface area (Å²) in [7, 11) is 0. The van der Waals surface area contributed by atoms with Gasteiger partial charge in [-0.3, -0.25) is 4.79 Å². The van der Waals surface area contributed by atoms with Gasteiger partial charge in [-0.15, -0.1) is 5.10 Å². The van der Waals surface area contributed by atoms with Crippen molar-refractivity contribution >= 4 is 23.6 Å². The highest BCUT2D eigenvalue weighted by Gasteiger charge is 2.20. The summed E-state index contributed by atoms with van der Waals surface area (Å²) in [5, 5.41) is 16.3. The molecule has 1 atom stereocenters. The van der Waals surface area contributed by atoms with Crippen molar-refractivity contribution in [3.8, 4) is 0 Å². The van der Waals surface area contributed by atoms with E-state index in [1.165, 1.54) is 22.8 Å². The first kappa shape index (κ1) is 13.8. The predicted octanol–water partition coefficient (Wildman–Crippen LogP) is -0.909. The van der Waals surface area contributed by atoms with Crippen LogP contribution in [0.1, 0.15) is 6.92 Å². The fourth-order valence-electron chi connectivity index (χ4n) is 1.24. The van der Waals surface area contributed by atoms with Gasteiger partial charge < -0.3 is 16.2 Å². The first-order chi connectivity index (χ1) is 7.93. The number of nitrogens with two attached hydrogens (primary N) is 1. The average Bonchev–Trinajstić information content (AvgIpc) is 2.61. The van der Waals surface area contributed by atoms with Crippen molar-refractivity contribution in [2.24, 2.45) is 0 Å². The number of anilines is 1. The predicted molar refractivity (Wildman–Crippen MR) is 66.4 cm³/mol. The van der Waals surface area contributed by atoms with Crippen molar-refractivity contribution in [2.75, 3.05) is 24.3 Å². The van der Waals surface area contributed by atoms with Crippen LogP contribution in [-0.4, -0.2) is 49.9 Å². The lowest BCUT2D eigenvalue weighted by Gasteiger charge is -2.22. The van der Waals surface area contributed by atoms with E-state index in [2.05, 4.69) is 15.4 Å². The summed E-state index contributed by atoms with van der Waals surface area (Å²) in [6, 6.07) is 0. The Morgan fingerprint density at radius 2 is 2.47 bits per heavy atom. The van der Waals surface area contributed by atoms with Gasteiger partial charge in [0.15, 0.2) is 0 Å². The molecule has 0 spiro atoms. The summed E-state index contributed by atoms with van der Waals surface area (Å²) < 4.78 is 1.34. The zero-order valence-corrected chi connectivity index (χ0v) is 10.7. The Labute approximate surface area is 104 Å². The third kappa shape index (κ3) is 5.05. The Morgan fingerprint density at radius 1 is 1.76 bits per heavy atom. The third-order valence-corrected chi connectivity index (χ3v) is 2.89. The van der Waals surface area contributed by atoms with E-state index in [0.29, 0.717) is 5.75 Å². The van der Waals surface area contributed by atoms with Crippen LogP contribution in [0.3, 0.4) is 0 Å². The van der Waals surface area contributed by atoms with E-state index in [-0.39, 0.29) is 24.9 Å². The molecule has 1 rings (SSSR count). The number of rotatable bonds is 6. The first-order valence-electron chi connectivity index (χ1n) is 5.06. The largest absolute Gasteiger partial charge is 0.387 e. The highest BCUT2D eigenvalue weighted by atomic mass is 32.2. The normalized spacial score (nSPS) is 14.3. The van der Waals surface area contributed by atoms with E-state index < -0.39 is 5.60 Å². The maximum atomic E-state index is 11.5. The fourth-order valence-corrected chi connectivity index (χ4v) is 1.96. The summed E-state index contributed by atoms with van der Waals surface area (Å²) in [5.41, 5.74) is 4.41. The summed E-state index contributed by atoms with van der Waals surface area (Å²) in [6.45, 7) is 1.92. The van der Waals surface area contributed by atoms with Crippen LogP contribution in [-0.2, 0) is 11.3 Å². The Morgan fingerprint density at radius 3 is 3.00 bits per heavy atom. The lowest BCUT2D eigenvalue weighted by Crippen LogP contribution is -2.43. The Balaban J connectivity index is 2.35. The lowest BCUT2D eigenvalue weighted by atomic mass is 10.1. The van der Waals surface area contributed by atoms with Crippen molar-refractivity contribution in [1.82, 2.24) is 20.1 Å². The van der Waals surface area contributed by atoms with E-state index in [4.69, 9.17) is 5.73 Å². The molecule has 1 aromatic heterocycles. The zero-order chi connectivity index (χ0) is 12.9. The van der Waals surface area contributed by atoms with Crippen LogP contribution < -0.4 is 11.1 Å². The molecule has 8 heteroatoms. The topological polar surface area (TPSA) is 106 Å². The second-order valence-electron chi connectivity index (χ2n) is 4.01. The van der Waals surface area contributed by atoms with E-state index in [1.807, 2.05) is 6.26 Å². The van der Waals surface area contributed by atoms with E-state index in [9.17, 15) is 9.90 Å². The number of hydrogen-bond donors (Lipinski definition) is 3. The van der Waals surface area contributed by atoms with E-state index in [1.54, 1.807) is 6.92 Å². The molecule has 1 unspecified atom stereocenters. The zero-order valence-electron chi connectivity index (χ0n) is 9.88. The smallest absolute Gasteiger partial charge is 0.241 e. The minimum absolute atomic E-state index is 0.0412. The molecule has 0 aliphatic carbocycles. The monoisotopic (exact) mass is 259 g/mol. The van der Waals surface area contributed by atoms with Crippen LogP contribution >= 0.6 is 11.8 Å². The minimum atomic E-state index is -0.906. The lowest BCUT2D eigenvalue weighted by molar-refractivity contribution is -0.122. The number of thioether (sulfide) groups is 1. The molecule has 1 aromatic rings. The summed E-state index contributed by atoms with van der Waals surface area (Å²) in [5.74, 6) is 0.451. The maximum Gasteiger partial charge on any atom is 0.241 e. The van der Waals surface area contributed by atoms with Crippen molar-refractivity contribution in [3.63, 3.8) is 0 Å². The molecule has 96 valence electrons. The van der Waals surface area contributed by atoms with Gasteiger partial charge in [0.2, 0.25) is 11.9 Å². The number of carbonyl (C=O) groups excluding carboxylic acids is 1. The van der Waals surface area contributed by atoms with Crippen LogP contribution in [0.25, 0.3) is 0 Å². The van der Waals surface area contributed by atoms with Gasteiger partial charge in [-0.2, -0.15) is 11.8 Å². The van der Waals surface area contributed by atoms with Crippen molar-refractivity contribution in [3.05, 3.63) is 6.33 Å². The number of nitrogens with zero attached hydrogens (tertiary/aromatic N) is 3. The van der Waals surface area contributed by atoms with Crippen LogP contribution in [0.15, 0.2) is 6.33 Å². The molecule has 0 aliphatic rings. The van der Waals surface area contributed by atoms with E-state index in [0.717, 1.165) is 0 Å². The van der Waals surface area contributed by atoms with Gasteiger partial charge in [0, 0.05) is 12.3 Å². The highest BCUT2D eigenvalue weighted by Crippen LogP contribution is 2.08. The van der Waals surface area contributed by atoms with Crippen molar-refractivity contribution in [1.29, 1.82) is 0 Å². The van der Waals surface area contributed by atoms with Gasteiger partial charge >= 0.3 is 0 Å². The van der Waals surface area contributed by atoms with Crippen LogP contribution in [0.5, 0.6) is 0 Å². The summed E-state index contributed by atoms with van der Waals surface area (Å²) in [6.07, 6.45) is 3.28. The molecular formula is C9H17N5O2S. The molecule has 0 radical (unpaired) electrons. The van der Waals surface area contributed by atoms with Crippen LogP contribution in [0.4, 0.5) is 5.95 Å². The van der Waals surface area contributed by atoms with Crippen LogP contribution in [0, 0.1) is 0 Å². The number of nitrogens with one attached hydrogen (secondary N) is 1. The second-order valence-corrected chi connectivity index (χ2v) is 4.87. The van der Waals surface area contributed by atoms with Gasteiger partial charge in [0.25, 0.3) is 0 Å². The summed E-state index contributed by atoms with van der Waals surface area (Å²) in [4.78, 5) is 15.2. The molecule has 0 saturated carbocycles. The first-order valence-corrected chi connectivity index (χ1v) is 6.45. The molecule has 7 nitrogen and oxygen atoms in total. The van der Waals surface area contributed by atoms with Crippen molar-refractivity contribution in [2.45, 2.75) is 19.1 Å².